The Kier molecular flexibility index (Phi) is 6.46. The molecule has 0 spiro atoms. The number of imidazole rings is 1. The summed E-state index contributed by atoms with van der Waals surface area (Å²) in [5.41, 5.74) is 11.2. The van der Waals surface area contributed by atoms with Gasteiger partial charge >= 0.3 is 0 Å². The summed E-state index contributed by atoms with van der Waals surface area (Å²) in [6, 6.07) is 48.6. The maximum Gasteiger partial charge on any atom is 0.145 e. The van der Waals surface area contributed by atoms with Crippen LogP contribution in [-0.2, 0) is 0 Å². The summed E-state index contributed by atoms with van der Waals surface area (Å²) in [6.45, 7) is 0. The first kappa shape index (κ1) is 27.0. The molecule has 222 valence electrons. The SMILES string of the molecule is C1=C[N-]C(c2ccc3ccc(-c4ccc5ccc(-c6cccc(-c7nc8ccccc8n7-c7ccccc7)c6)cc5n4)cc3n2)C=C1. The summed E-state index contributed by atoms with van der Waals surface area (Å²) < 4.78 is 2.24. The molecule has 8 aromatic rings. The van der Waals surface area contributed by atoms with Gasteiger partial charge in [0.1, 0.15) is 5.82 Å². The van der Waals surface area contributed by atoms with Gasteiger partial charge in [-0.2, -0.15) is 6.20 Å². The smallest absolute Gasteiger partial charge is 0.145 e. The van der Waals surface area contributed by atoms with E-state index >= 15 is 0 Å². The monoisotopic (exact) mass is 602 g/mol. The zero-order valence-corrected chi connectivity index (χ0v) is 25.4. The highest BCUT2D eigenvalue weighted by Crippen LogP contribution is 2.33. The van der Waals surface area contributed by atoms with Crippen molar-refractivity contribution in [2.24, 2.45) is 0 Å². The Morgan fingerprint density at radius 2 is 1.23 bits per heavy atom. The Hall–Kier alpha value is -6.33. The molecule has 3 aromatic heterocycles. The highest BCUT2D eigenvalue weighted by atomic mass is 15.1. The predicted molar refractivity (Wildman–Crippen MR) is 192 cm³/mol. The third kappa shape index (κ3) is 4.95. The van der Waals surface area contributed by atoms with Crippen molar-refractivity contribution in [1.82, 2.24) is 19.5 Å². The van der Waals surface area contributed by atoms with E-state index in [0.717, 1.165) is 78.0 Å². The lowest BCUT2D eigenvalue weighted by molar-refractivity contribution is 0.969. The molecule has 5 nitrogen and oxygen atoms in total. The molecule has 0 aliphatic carbocycles. The van der Waals surface area contributed by atoms with Crippen LogP contribution in [0.4, 0.5) is 0 Å². The van der Waals surface area contributed by atoms with Crippen molar-refractivity contribution in [3.8, 4) is 39.5 Å². The third-order valence-corrected chi connectivity index (χ3v) is 8.77. The molecule has 0 N–H and O–H groups in total. The number of nitrogens with zero attached hydrogens (tertiary/aromatic N) is 5. The van der Waals surface area contributed by atoms with E-state index in [4.69, 9.17) is 15.0 Å². The molecule has 0 fully saturated rings. The van der Waals surface area contributed by atoms with Gasteiger partial charge in [0.2, 0.25) is 0 Å². The fourth-order valence-corrected chi connectivity index (χ4v) is 6.40. The van der Waals surface area contributed by atoms with Crippen LogP contribution in [-0.4, -0.2) is 19.5 Å². The molecule has 5 heteroatoms. The Labute approximate surface area is 272 Å². The minimum absolute atomic E-state index is 0.0544. The van der Waals surface area contributed by atoms with E-state index in [2.05, 4.69) is 143 Å². The first-order valence-corrected chi connectivity index (χ1v) is 15.8. The van der Waals surface area contributed by atoms with E-state index in [1.807, 2.05) is 30.5 Å². The van der Waals surface area contributed by atoms with Crippen molar-refractivity contribution in [1.29, 1.82) is 0 Å². The molecule has 47 heavy (non-hydrogen) atoms. The second kappa shape index (κ2) is 11.2. The van der Waals surface area contributed by atoms with Gasteiger partial charge in [0.25, 0.3) is 0 Å². The number of hydrogen-bond donors (Lipinski definition) is 0. The van der Waals surface area contributed by atoms with Gasteiger partial charge in [-0.15, -0.1) is 0 Å². The van der Waals surface area contributed by atoms with E-state index in [9.17, 15) is 0 Å². The maximum atomic E-state index is 5.13. The Bertz CT molecular complexity index is 2510. The molecule has 0 amide bonds. The van der Waals surface area contributed by atoms with E-state index in [0.29, 0.717) is 0 Å². The van der Waals surface area contributed by atoms with Gasteiger partial charge in [0.15, 0.2) is 0 Å². The second-order valence-electron chi connectivity index (χ2n) is 11.7. The number of benzene rings is 5. The summed E-state index contributed by atoms with van der Waals surface area (Å²) in [6.07, 6.45) is 7.85. The lowest BCUT2D eigenvalue weighted by Gasteiger charge is -2.28. The van der Waals surface area contributed by atoms with Crippen LogP contribution in [0.15, 0.2) is 164 Å². The molecule has 0 radical (unpaired) electrons. The zero-order valence-electron chi connectivity index (χ0n) is 25.4. The molecule has 1 atom stereocenters. The first-order chi connectivity index (χ1) is 23.3. The highest BCUT2D eigenvalue weighted by Gasteiger charge is 2.15. The third-order valence-electron chi connectivity index (χ3n) is 8.77. The van der Waals surface area contributed by atoms with Crippen LogP contribution in [0.2, 0.25) is 0 Å². The lowest BCUT2D eigenvalue weighted by Crippen LogP contribution is -1.98. The molecule has 0 saturated heterocycles. The molecule has 9 rings (SSSR count). The van der Waals surface area contributed by atoms with Crippen molar-refractivity contribution < 1.29 is 0 Å². The van der Waals surface area contributed by atoms with Crippen LogP contribution in [0.25, 0.3) is 77.6 Å². The van der Waals surface area contributed by atoms with E-state index < -0.39 is 0 Å². The van der Waals surface area contributed by atoms with Crippen molar-refractivity contribution in [3.63, 3.8) is 0 Å². The largest absolute Gasteiger partial charge is 0.680 e. The summed E-state index contributed by atoms with van der Waals surface area (Å²) in [5, 5.41) is 6.75. The number of allylic oxidation sites excluding steroid dienone is 2. The number of pyridine rings is 2. The van der Waals surface area contributed by atoms with E-state index in [1.165, 1.54) is 0 Å². The maximum absolute atomic E-state index is 5.13. The fraction of sp³-hybridized carbons (Fsp3) is 0.0238. The Morgan fingerprint density at radius 3 is 2.11 bits per heavy atom. The molecule has 1 unspecified atom stereocenters. The molecule has 0 saturated carbocycles. The predicted octanol–water partition coefficient (Wildman–Crippen LogP) is 10.6. The van der Waals surface area contributed by atoms with Gasteiger partial charge in [0, 0.05) is 33.3 Å². The first-order valence-electron chi connectivity index (χ1n) is 15.8. The molecule has 1 aliphatic heterocycles. The topological polar surface area (TPSA) is 57.7 Å². The van der Waals surface area contributed by atoms with E-state index in [-0.39, 0.29) is 6.04 Å². The quantitative estimate of drug-likeness (QED) is 0.197. The molecular formula is C42H28N5-. The Balaban J connectivity index is 1.09. The van der Waals surface area contributed by atoms with Crippen molar-refractivity contribution in [2.75, 3.05) is 0 Å². The molecule has 5 aromatic carbocycles. The lowest BCUT2D eigenvalue weighted by atomic mass is 10.0. The van der Waals surface area contributed by atoms with Gasteiger partial charge in [0.05, 0.1) is 27.8 Å². The van der Waals surface area contributed by atoms with Crippen molar-refractivity contribution in [2.45, 2.75) is 6.04 Å². The number of hydrogen-bond acceptors (Lipinski definition) is 3. The molecule has 0 bridgehead atoms. The highest BCUT2D eigenvalue weighted by molar-refractivity contribution is 5.89. The van der Waals surface area contributed by atoms with Gasteiger partial charge in [-0.25, -0.2) is 9.97 Å². The summed E-state index contributed by atoms with van der Waals surface area (Å²) in [4.78, 5) is 15.2. The van der Waals surface area contributed by atoms with Crippen LogP contribution < -0.4 is 0 Å². The standard InChI is InChI=1S/C42H28N5/c1-2-11-34(12-3-1)47-41-15-5-4-14-38(41)46-42(47)33-10-8-9-30(25-33)31-18-16-28-20-22-35(44-39(28)26-31)32-19-17-29-21-23-37(45-40(29)27-32)36-13-6-7-24-43-36/h1-27,36H/q-1. The van der Waals surface area contributed by atoms with Crippen LogP contribution in [0.1, 0.15) is 11.7 Å². The number of rotatable bonds is 5. The minimum Gasteiger partial charge on any atom is -0.680 e. The van der Waals surface area contributed by atoms with Crippen LogP contribution in [0.5, 0.6) is 0 Å². The van der Waals surface area contributed by atoms with Crippen LogP contribution >= 0.6 is 0 Å². The van der Waals surface area contributed by atoms with Crippen molar-refractivity contribution >= 4 is 32.8 Å². The summed E-state index contributed by atoms with van der Waals surface area (Å²) >= 11 is 0. The number of fused-ring (bicyclic) bond motifs is 3. The minimum atomic E-state index is -0.0544. The number of aromatic nitrogens is 4. The second-order valence-corrected chi connectivity index (χ2v) is 11.7. The van der Waals surface area contributed by atoms with Crippen LogP contribution in [0, 0.1) is 0 Å². The van der Waals surface area contributed by atoms with Gasteiger partial charge in [-0.3, -0.25) is 9.55 Å². The van der Waals surface area contributed by atoms with Crippen LogP contribution in [0.3, 0.4) is 0 Å². The van der Waals surface area contributed by atoms with Gasteiger partial charge in [-0.1, -0.05) is 109 Å². The molecular weight excluding hydrogens is 574 g/mol. The Morgan fingerprint density at radius 1 is 0.511 bits per heavy atom. The molecule has 1 aliphatic rings. The average molecular weight is 603 g/mol. The van der Waals surface area contributed by atoms with E-state index in [1.54, 1.807) is 0 Å². The van der Waals surface area contributed by atoms with Gasteiger partial charge in [-0.05, 0) is 65.7 Å². The summed E-state index contributed by atoms with van der Waals surface area (Å²) in [5.74, 6) is 0.915. The van der Waals surface area contributed by atoms with Crippen molar-refractivity contribution in [3.05, 3.63) is 175 Å². The average Bonchev–Trinajstić information content (AvgIpc) is 3.54. The fourth-order valence-electron chi connectivity index (χ4n) is 6.40. The normalized spacial score (nSPS) is 14.2. The molecule has 4 heterocycles. The van der Waals surface area contributed by atoms with Gasteiger partial charge < -0.3 is 5.32 Å². The zero-order chi connectivity index (χ0) is 31.2. The summed E-state index contributed by atoms with van der Waals surface area (Å²) in [7, 11) is 0. The number of para-hydroxylation sites is 3.